The Labute approximate surface area is 236 Å². The van der Waals surface area contributed by atoms with Crippen LogP contribution in [0.4, 0.5) is 18.9 Å². The smallest absolute Gasteiger partial charge is 0.317 e. The number of amides is 1. The number of halogens is 5. The zero-order valence-electron chi connectivity index (χ0n) is 21.3. The summed E-state index contributed by atoms with van der Waals surface area (Å²) >= 11 is 12.5. The molecule has 204 valence electrons. The number of nitrogens with zero attached hydrogens (tertiary/aromatic N) is 5. The standard InChI is InChI=1S/C28H21Cl2F3N6O/c1-14-22(15(2)38(36-14)13-16-7-10-18(29)11-8-16)35-27(40)24-21(30)26-34-23-19-6-4-3-5-17(19)9-12-20(23)25(28(31,32)33)39(26)37-24/h3-8,10-11H,9,12-13H2,1-2H3,(H,35,40). The minimum atomic E-state index is -4.75. The second kappa shape index (κ2) is 9.64. The largest absolute Gasteiger partial charge is 0.433 e. The number of carbonyl (C=O) groups excluding carboxylic acids is 1. The van der Waals surface area contributed by atoms with Crippen LogP contribution in [0.2, 0.25) is 10.0 Å². The molecule has 1 aliphatic rings. The van der Waals surface area contributed by atoms with Crippen molar-refractivity contribution in [2.45, 2.75) is 39.4 Å². The summed E-state index contributed by atoms with van der Waals surface area (Å²) in [5, 5.41) is 11.6. The van der Waals surface area contributed by atoms with Crippen LogP contribution in [-0.2, 0) is 25.6 Å². The van der Waals surface area contributed by atoms with E-state index >= 15 is 0 Å². The predicted molar refractivity (Wildman–Crippen MR) is 146 cm³/mol. The van der Waals surface area contributed by atoms with Crippen molar-refractivity contribution in [1.29, 1.82) is 0 Å². The molecule has 0 unspecified atom stereocenters. The number of alkyl halides is 3. The summed E-state index contributed by atoms with van der Waals surface area (Å²) in [5.41, 5.74) is 2.71. The summed E-state index contributed by atoms with van der Waals surface area (Å²) in [6.45, 7) is 3.94. The second-order valence-electron chi connectivity index (χ2n) is 9.62. The zero-order valence-corrected chi connectivity index (χ0v) is 22.8. The van der Waals surface area contributed by atoms with E-state index in [9.17, 15) is 18.0 Å². The number of anilines is 1. The lowest BCUT2D eigenvalue weighted by Gasteiger charge is -2.23. The van der Waals surface area contributed by atoms with Crippen LogP contribution in [-0.4, -0.2) is 30.3 Å². The Bertz CT molecular complexity index is 1810. The van der Waals surface area contributed by atoms with Crippen molar-refractivity contribution in [3.63, 3.8) is 0 Å². The molecule has 5 aromatic rings. The number of benzene rings is 2. The molecule has 0 bridgehead atoms. The van der Waals surface area contributed by atoms with Crippen molar-refractivity contribution in [3.05, 3.63) is 98.0 Å². The Balaban J connectivity index is 1.40. The van der Waals surface area contributed by atoms with E-state index in [2.05, 4.69) is 20.5 Å². The highest BCUT2D eigenvalue weighted by atomic mass is 35.5. The molecule has 6 rings (SSSR count). The van der Waals surface area contributed by atoms with Gasteiger partial charge in [-0.2, -0.15) is 23.4 Å². The maximum absolute atomic E-state index is 14.4. The van der Waals surface area contributed by atoms with Crippen LogP contribution < -0.4 is 5.32 Å². The van der Waals surface area contributed by atoms with E-state index in [4.69, 9.17) is 23.2 Å². The maximum atomic E-state index is 14.4. The summed E-state index contributed by atoms with van der Waals surface area (Å²) in [4.78, 5) is 17.9. The lowest BCUT2D eigenvalue weighted by atomic mass is 9.88. The van der Waals surface area contributed by atoms with Crippen molar-refractivity contribution in [1.82, 2.24) is 24.4 Å². The molecule has 0 saturated heterocycles. The van der Waals surface area contributed by atoms with Crippen LogP contribution in [0.5, 0.6) is 0 Å². The fourth-order valence-electron chi connectivity index (χ4n) is 5.15. The van der Waals surface area contributed by atoms with Crippen LogP contribution >= 0.6 is 23.2 Å². The zero-order chi connectivity index (χ0) is 28.3. The van der Waals surface area contributed by atoms with E-state index in [-0.39, 0.29) is 34.0 Å². The summed E-state index contributed by atoms with van der Waals surface area (Å²) in [6, 6.07) is 14.5. The van der Waals surface area contributed by atoms with Gasteiger partial charge in [0.05, 0.1) is 29.3 Å². The first kappa shape index (κ1) is 26.3. The number of carbonyl (C=O) groups is 1. The quantitative estimate of drug-likeness (QED) is 0.248. The summed E-state index contributed by atoms with van der Waals surface area (Å²) in [5.74, 6) is -0.765. The fourth-order valence-corrected chi connectivity index (χ4v) is 5.52. The van der Waals surface area contributed by atoms with E-state index in [1.54, 1.807) is 42.8 Å². The number of aromatic nitrogens is 5. The third-order valence-corrected chi connectivity index (χ3v) is 7.67. The second-order valence-corrected chi connectivity index (χ2v) is 10.4. The molecule has 0 saturated carbocycles. The molecule has 1 amide bonds. The molecule has 0 fully saturated rings. The number of hydrogen-bond acceptors (Lipinski definition) is 4. The Morgan fingerprint density at radius 1 is 1.02 bits per heavy atom. The van der Waals surface area contributed by atoms with Crippen LogP contribution in [0.1, 0.15) is 44.3 Å². The van der Waals surface area contributed by atoms with Crippen molar-refractivity contribution in [2.75, 3.05) is 5.32 Å². The molecule has 0 atom stereocenters. The van der Waals surface area contributed by atoms with E-state index in [1.807, 2.05) is 24.3 Å². The highest BCUT2D eigenvalue weighted by Gasteiger charge is 2.41. The molecule has 40 heavy (non-hydrogen) atoms. The average Bonchev–Trinajstić information content (AvgIpc) is 3.38. The molecular formula is C28H21Cl2F3N6O. The van der Waals surface area contributed by atoms with Gasteiger partial charge in [-0.1, -0.05) is 59.6 Å². The molecule has 0 radical (unpaired) electrons. The molecule has 3 heterocycles. The van der Waals surface area contributed by atoms with Gasteiger partial charge in [0.1, 0.15) is 5.02 Å². The van der Waals surface area contributed by atoms with Gasteiger partial charge >= 0.3 is 6.18 Å². The van der Waals surface area contributed by atoms with Crippen LogP contribution in [0.3, 0.4) is 0 Å². The monoisotopic (exact) mass is 584 g/mol. The average molecular weight is 585 g/mol. The van der Waals surface area contributed by atoms with Gasteiger partial charge in [-0.25, -0.2) is 9.50 Å². The summed E-state index contributed by atoms with van der Waals surface area (Å²) in [6.07, 6.45) is -4.19. The SMILES string of the molecule is Cc1nn(Cc2ccc(Cl)cc2)c(C)c1NC(=O)c1nn2c(C(F)(F)F)c3c(nc2c1Cl)-c1ccccc1CC3. The topological polar surface area (TPSA) is 77.1 Å². The summed E-state index contributed by atoms with van der Waals surface area (Å²) < 4.78 is 45.7. The van der Waals surface area contributed by atoms with Gasteiger partial charge in [0.25, 0.3) is 5.91 Å². The molecular weight excluding hydrogens is 564 g/mol. The molecule has 1 aliphatic carbocycles. The van der Waals surface area contributed by atoms with E-state index < -0.39 is 17.8 Å². The lowest BCUT2D eigenvalue weighted by Crippen LogP contribution is -2.21. The van der Waals surface area contributed by atoms with Gasteiger partial charge < -0.3 is 5.32 Å². The van der Waals surface area contributed by atoms with Crippen LogP contribution in [0.25, 0.3) is 16.9 Å². The van der Waals surface area contributed by atoms with Crippen molar-refractivity contribution in [2.24, 2.45) is 0 Å². The summed E-state index contributed by atoms with van der Waals surface area (Å²) in [7, 11) is 0. The van der Waals surface area contributed by atoms with Gasteiger partial charge in [0.2, 0.25) is 0 Å². The predicted octanol–water partition coefficient (Wildman–Crippen LogP) is 6.93. The number of aryl methyl sites for hydroxylation is 2. The highest BCUT2D eigenvalue weighted by molar-refractivity contribution is 6.37. The van der Waals surface area contributed by atoms with Gasteiger partial charge in [-0.15, -0.1) is 0 Å². The van der Waals surface area contributed by atoms with Crippen LogP contribution in [0.15, 0.2) is 48.5 Å². The first-order valence-corrected chi connectivity index (χ1v) is 13.1. The van der Waals surface area contributed by atoms with E-state index in [1.165, 1.54) is 0 Å². The molecule has 0 spiro atoms. The van der Waals surface area contributed by atoms with Gasteiger partial charge in [0.15, 0.2) is 17.0 Å². The first-order valence-electron chi connectivity index (χ1n) is 12.4. The Morgan fingerprint density at radius 2 is 1.75 bits per heavy atom. The maximum Gasteiger partial charge on any atom is 0.433 e. The number of hydrogen-bond donors (Lipinski definition) is 1. The van der Waals surface area contributed by atoms with Crippen LogP contribution in [0, 0.1) is 13.8 Å². The third-order valence-electron chi connectivity index (χ3n) is 7.07. The third kappa shape index (κ3) is 4.41. The first-order chi connectivity index (χ1) is 19.0. The molecule has 2 aromatic carbocycles. The molecule has 3 aromatic heterocycles. The van der Waals surface area contributed by atoms with Crippen molar-refractivity contribution >= 4 is 40.4 Å². The van der Waals surface area contributed by atoms with Crippen molar-refractivity contribution in [3.8, 4) is 11.3 Å². The molecule has 1 N–H and O–H groups in total. The molecule has 0 aliphatic heterocycles. The Morgan fingerprint density at radius 3 is 2.48 bits per heavy atom. The van der Waals surface area contributed by atoms with Crippen molar-refractivity contribution < 1.29 is 18.0 Å². The van der Waals surface area contributed by atoms with Gasteiger partial charge in [-0.05, 0) is 49.9 Å². The Hall–Kier alpha value is -3.89. The van der Waals surface area contributed by atoms with Gasteiger partial charge in [0, 0.05) is 16.1 Å². The minimum Gasteiger partial charge on any atom is -0.317 e. The normalized spacial score (nSPS) is 12.9. The number of rotatable bonds is 4. The van der Waals surface area contributed by atoms with E-state index in [0.29, 0.717) is 45.1 Å². The fraction of sp³-hybridized carbons (Fsp3) is 0.214. The van der Waals surface area contributed by atoms with E-state index in [0.717, 1.165) is 11.1 Å². The number of nitrogens with one attached hydrogen (secondary N) is 1. The number of fused-ring (bicyclic) bond motifs is 4. The highest BCUT2D eigenvalue weighted by Crippen LogP contribution is 2.42. The molecule has 12 heteroatoms. The molecule has 7 nitrogen and oxygen atoms in total. The lowest BCUT2D eigenvalue weighted by molar-refractivity contribution is -0.143. The minimum absolute atomic E-state index is 0.0278. The Kier molecular flexibility index (Phi) is 6.35. The van der Waals surface area contributed by atoms with Gasteiger partial charge in [-0.3, -0.25) is 9.48 Å².